The zero-order valence-corrected chi connectivity index (χ0v) is 10.2. The Hall–Kier alpha value is -1.73. The zero-order valence-electron chi connectivity index (χ0n) is 9.43. The molecule has 0 radical (unpaired) electrons. The summed E-state index contributed by atoms with van der Waals surface area (Å²) < 4.78 is 4.84. The molecule has 2 aromatic rings. The van der Waals surface area contributed by atoms with E-state index in [1.165, 1.54) is 11.3 Å². The molecule has 0 spiro atoms. The van der Waals surface area contributed by atoms with Crippen LogP contribution in [0.5, 0.6) is 0 Å². The number of hydrogen-bond acceptors (Lipinski definition) is 6. The maximum Gasteiger partial charge on any atom is 0.276 e. The van der Waals surface area contributed by atoms with Crippen LogP contribution < -0.4 is 11.1 Å². The van der Waals surface area contributed by atoms with Crippen molar-refractivity contribution in [2.24, 2.45) is 5.73 Å². The van der Waals surface area contributed by atoms with Gasteiger partial charge in [0.25, 0.3) is 5.91 Å². The van der Waals surface area contributed by atoms with Gasteiger partial charge in [0.1, 0.15) is 16.5 Å². The largest absolute Gasteiger partial charge is 0.360 e. The van der Waals surface area contributed by atoms with Crippen molar-refractivity contribution >= 4 is 23.1 Å². The molecule has 0 fully saturated rings. The highest BCUT2D eigenvalue weighted by atomic mass is 32.1. The van der Waals surface area contributed by atoms with E-state index >= 15 is 0 Å². The number of carbonyl (C=O) groups excluding carboxylic acids is 1. The average Bonchev–Trinajstić information content (AvgIpc) is 2.86. The number of nitrogens with one attached hydrogen (secondary N) is 1. The summed E-state index contributed by atoms with van der Waals surface area (Å²) in [5.41, 5.74) is 6.01. The minimum absolute atomic E-state index is 0.171. The molecule has 0 aliphatic carbocycles. The molecule has 2 heterocycles. The summed E-state index contributed by atoms with van der Waals surface area (Å²) in [7, 11) is 0. The molecule has 2 rings (SSSR count). The Bertz CT molecular complexity index is 532. The Labute approximate surface area is 102 Å². The summed E-state index contributed by atoms with van der Waals surface area (Å²) >= 11 is 1.36. The molecule has 17 heavy (non-hydrogen) atoms. The smallest absolute Gasteiger partial charge is 0.276 e. The number of nitrogens with zero attached hydrogens (tertiary/aromatic N) is 2. The Kier molecular flexibility index (Phi) is 3.21. The molecular weight excluding hydrogens is 240 g/mol. The second-order valence-electron chi connectivity index (χ2n) is 3.64. The molecule has 7 heteroatoms. The molecular formula is C10H12N4O2S. The number of thiazole rings is 1. The van der Waals surface area contributed by atoms with Gasteiger partial charge in [-0.2, -0.15) is 0 Å². The molecule has 0 aromatic carbocycles. The quantitative estimate of drug-likeness (QED) is 0.867. The fraction of sp³-hybridized carbons (Fsp3) is 0.300. The molecule has 1 amide bonds. The van der Waals surface area contributed by atoms with Crippen LogP contribution in [0.25, 0.3) is 0 Å². The van der Waals surface area contributed by atoms with Crippen molar-refractivity contribution in [1.29, 1.82) is 0 Å². The van der Waals surface area contributed by atoms with E-state index in [-0.39, 0.29) is 11.9 Å². The third kappa shape index (κ3) is 2.69. The maximum atomic E-state index is 11.8. The second kappa shape index (κ2) is 4.64. The van der Waals surface area contributed by atoms with Crippen LogP contribution in [-0.2, 0) is 0 Å². The van der Waals surface area contributed by atoms with Gasteiger partial charge in [-0.3, -0.25) is 4.79 Å². The average molecular weight is 252 g/mol. The zero-order chi connectivity index (χ0) is 12.4. The van der Waals surface area contributed by atoms with Crippen LogP contribution in [0.2, 0.25) is 0 Å². The van der Waals surface area contributed by atoms with Gasteiger partial charge in [0.15, 0.2) is 5.82 Å². The number of hydrogen-bond donors (Lipinski definition) is 2. The Morgan fingerprint density at radius 2 is 2.41 bits per heavy atom. The van der Waals surface area contributed by atoms with Crippen LogP contribution in [0.1, 0.15) is 34.2 Å². The van der Waals surface area contributed by atoms with Crippen molar-refractivity contribution in [2.75, 3.05) is 5.32 Å². The van der Waals surface area contributed by atoms with Gasteiger partial charge in [0, 0.05) is 11.4 Å². The molecule has 1 atom stereocenters. The minimum Gasteiger partial charge on any atom is -0.360 e. The Balaban J connectivity index is 2.09. The van der Waals surface area contributed by atoms with Crippen molar-refractivity contribution in [1.82, 2.24) is 10.1 Å². The van der Waals surface area contributed by atoms with Crippen LogP contribution in [-0.4, -0.2) is 16.0 Å². The lowest BCUT2D eigenvalue weighted by molar-refractivity contribution is 0.102. The van der Waals surface area contributed by atoms with E-state index < -0.39 is 0 Å². The first-order chi connectivity index (χ1) is 8.06. The topological polar surface area (TPSA) is 94.0 Å². The van der Waals surface area contributed by atoms with E-state index in [0.29, 0.717) is 17.3 Å². The molecule has 2 aromatic heterocycles. The third-order valence-corrected chi connectivity index (χ3v) is 3.06. The normalized spacial score (nSPS) is 12.4. The van der Waals surface area contributed by atoms with Crippen LogP contribution in [0.15, 0.2) is 16.0 Å². The van der Waals surface area contributed by atoms with E-state index in [4.69, 9.17) is 10.3 Å². The number of anilines is 1. The molecule has 3 N–H and O–H groups in total. The summed E-state index contributed by atoms with van der Waals surface area (Å²) in [6, 6.07) is 1.47. The molecule has 1 unspecified atom stereocenters. The standard InChI is InChI=1S/C10H12N4O2S/c1-5-3-8(14-16-5)13-9(15)7-4-17-10(12-7)6(2)11/h3-4,6H,11H2,1-2H3,(H,13,14,15). The fourth-order valence-electron chi connectivity index (χ4n) is 1.21. The highest BCUT2D eigenvalue weighted by Gasteiger charge is 2.14. The molecule has 0 aliphatic heterocycles. The first kappa shape index (κ1) is 11.7. The molecule has 0 aliphatic rings. The second-order valence-corrected chi connectivity index (χ2v) is 4.53. The van der Waals surface area contributed by atoms with Crippen LogP contribution >= 0.6 is 11.3 Å². The highest BCUT2D eigenvalue weighted by molar-refractivity contribution is 7.09. The van der Waals surface area contributed by atoms with Crippen molar-refractivity contribution in [3.8, 4) is 0 Å². The van der Waals surface area contributed by atoms with Gasteiger partial charge in [-0.25, -0.2) is 4.98 Å². The van der Waals surface area contributed by atoms with E-state index in [0.717, 1.165) is 5.01 Å². The van der Waals surface area contributed by atoms with Crippen LogP contribution in [0.4, 0.5) is 5.82 Å². The van der Waals surface area contributed by atoms with Gasteiger partial charge in [-0.05, 0) is 13.8 Å². The number of amides is 1. The van der Waals surface area contributed by atoms with E-state index in [9.17, 15) is 4.79 Å². The van der Waals surface area contributed by atoms with Gasteiger partial charge >= 0.3 is 0 Å². The fourth-order valence-corrected chi connectivity index (χ4v) is 1.96. The molecule has 0 bridgehead atoms. The summed E-state index contributed by atoms with van der Waals surface area (Å²) in [5.74, 6) is 0.694. The SMILES string of the molecule is Cc1cc(NC(=O)c2csc(C(C)N)n2)no1. The van der Waals surface area contributed by atoms with Crippen molar-refractivity contribution in [2.45, 2.75) is 19.9 Å². The lowest BCUT2D eigenvalue weighted by Crippen LogP contribution is -2.13. The molecule has 0 saturated heterocycles. The summed E-state index contributed by atoms with van der Waals surface area (Å²) in [6.45, 7) is 3.57. The predicted octanol–water partition coefficient (Wildman–Crippen LogP) is 1.71. The first-order valence-corrected chi connectivity index (χ1v) is 5.90. The van der Waals surface area contributed by atoms with Crippen molar-refractivity contribution < 1.29 is 9.32 Å². The number of nitrogens with two attached hydrogens (primary N) is 1. The first-order valence-electron chi connectivity index (χ1n) is 5.02. The highest BCUT2D eigenvalue weighted by Crippen LogP contribution is 2.17. The lowest BCUT2D eigenvalue weighted by Gasteiger charge is -1.98. The van der Waals surface area contributed by atoms with Crippen molar-refractivity contribution in [3.05, 3.63) is 27.9 Å². The van der Waals surface area contributed by atoms with Gasteiger partial charge in [0.05, 0.1) is 6.04 Å². The summed E-state index contributed by atoms with van der Waals surface area (Å²) in [4.78, 5) is 15.9. The monoisotopic (exact) mass is 252 g/mol. The molecule has 90 valence electrons. The third-order valence-electron chi connectivity index (χ3n) is 2.01. The molecule has 6 nitrogen and oxygen atoms in total. The summed E-state index contributed by atoms with van der Waals surface area (Å²) in [5, 5.41) is 8.65. The van der Waals surface area contributed by atoms with E-state index in [1.54, 1.807) is 18.4 Å². The Morgan fingerprint density at radius 3 is 2.94 bits per heavy atom. The number of aromatic nitrogens is 2. The lowest BCUT2D eigenvalue weighted by atomic mass is 10.4. The number of rotatable bonds is 3. The summed E-state index contributed by atoms with van der Waals surface area (Å²) in [6.07, 6.45) is 0. The van der Waals surface area contributed by atoms with Gasteiger partial charge in [0.2, 0.25) is 0 Å². The number of carbonyl (C=O) groups is 1. The minimum atomic E-state index is -0.318. The van der Waals surface area contributed by atoms with E-state index in [2.05, 4.69) is 15.5 Å². The predicted molar refractivity (Wildman–Crippen MR) is 63.9 cm³/mol. The number of aryl methyl sites for hydroxylation is 1. The maximum absolute atomic E-state index is 11.8. The van der Waals surface area contributed by atoms with Crippen LogP contribution in [0.3, 0.4) is 0 Å². The van der Waals surface area contributed by atoms with Gasteiger partial charge < -0.3 is 15.6 Å². The van der Waals surface area contributed by atoms with Crippen LogP contribution in [0, 0.1) is 6.92 Å². The van der Waals surface area contributed by atoms with E-state index in [1.807, 2.05) is 6.92 Å². The molecule has 0 saturated carbocycles. The Morgan fingerprint density at radius 1 is 1.65 bits per heavy atom. The van der Waals surface area contributed by atoms with Crippen molar-refractivity contribution in [3.63, 3.8) is 0 Å². The van der Waals surface area contributed by atoms with Gasteiger partial charge in [-0.15, -0.1) is 11.3 Å². The van der Waals surface area contributed by atoms with Gasteiger partial charge in [-0.1, -0.05) is 5.16 Å².